The minimum absolute atomic E-state index is 0.0755. The Kier molecular flexibility index (Phi) is 5.56. The SMILES string of the molecule is CCC(=O)N1CCC(Nc2ccc(C(=O)N3CCC(C)CC3)cn2)C1. The number of carbonyl (C=O) groups excluding carboxylic acids is 2. The lowest BCUT2D eigenvalue weighted by molar-refractivity contribution is -0.129. The molecule has 3 heterocycles. The van der Waals surface area contributed by atoms with Gasteiger partial charge in [-0.2, -0.15) is 0 Å². The first-order valence-corrected chi connectivity index (χ1v) is 9.36. The molecule has 6 nitrogen and oxygen atoms in total. The van der Waals surface area contributed by atoms with Crippen molar-refractivity contribution in [3.8, 4) is 0 Å². The van der Waals surface area contributed by atoms with Gasteiger partial charge in [0, 0.05) is 44.8 Å². The zero-order chi connectivity index (χ0) is 17.8. The maximum Gasteiger partial charge on any atom is 0.255 e. The van der Waals surface area contributed by atoms with E-state index in [1.54, 1.807) is 6.20 Å². The molecular formula is C19H28N4O2. The number of nitrogens with zero attached hydrogens (tertiary/aromatic N) is 3. The molecule has 0 aliphatic carbocycles. The molecule has 1 unspecified atom stereocenters. The number of hydrogen-bond donors (Lipinski definition) is 1. The monoisotopic (exact) mass is 344 g/mol. The van der Waals surface area contributed by atoms with E-state index in [1.807, 2.05) is 28.9 Å². The lowest BCUT2D eigenvalue weighted by atomic mass is 9.99. The second-order valence-corrected chi connectivity index (χ2v) is 7.23. The summed E-state index contributed by atoms with van der Waals surface area (Å²) in [6.07, 6.45) is 5.30. The van der Waals surface area contributed by atoms with Gasteiger partial charge in [0.1, 0.15) is 5.82 Å². The van der Waals surface area contributed by atoms with Gasteiger partial charge in [-0.05, 0) is 37.3 Å². The van der Waals surface area contributed by atoms with Crippen molar-refractivity contribution in [2.75, 3.05) is 31.5 Å². The van der Waals surface area contributed by atoms with E-state index in [4.69, 9.17) is 0 Å². The van der Waals surface area contributed by atoms with Crippen molar-refractivity contribution in [2.24, 2.45) is 5.92 Å². The average Bonchev–Trinajstić information content (AvgIpc) is 3.10. The molecule has 0 radical (unpaired) electrons. The average molecular weight is 344 g/mol. The van der Waals surface area contributed by atoms with E-state index in [1.165, 1.54) is 0 Å². The fourth-order valence-corrected chi connectivity index (χ4v) is 3.54. The number of pyridine rings is 1. The van der Waals surface area contributed by atoms with Crippen LogP contribution in [0.3, 0.4) is 0 Å². The van der Waals surface area contributed by atoms with Crippen molar-refractivity contribution in [1.29, 1.82) is 0 Å². The molecule has 1 aromatic rings. The zero-order valence-corrected chi connectivity index (χ0v) is 15.2. The summed E-state index contributed by atoms with van der Waals surface area (Å²) >= 11 is 0. The van der Waals surface area contributed by atoms with Crippen LogP contribution in [0.25, 0.3) is 0 Å². The number of nitrogens with one attached hydrogen (secondary N) is 1. The summed E-state index contributed by atoms with van der Waals surface area (Å²) < 4.78 is 0. The summed E-state index contributed by atoms with van der Waals surface area (Å²) in [5.41, 5.74) is 0.648. The zero-order valence-electron chi connectivity index (χ0n) is 15.2. The topological polar surface area (TPSA) is 65.5 Å². The van der Waals surface area contributed by atoms with Crippen molar-refractivity contribution in [3.63, 3.8) is 0 Å². The van der Waals surface area contributed by atoms with Crippen LogP contribution in [0.4, 0.5) is 5.82 Å². The van der Waals surface area contributed by atoms with E-state index in [-0.39, 0.29) is 17.9 Å². The number of likely N-dealkylation sites (tertiary alicyclic amines) is 2. The molecule has 0 aromatic carbocycles. The third kappa shape index (κ3) is 4.30. The van der Waals surface area contributed by atoms with E-state index in [0.29, 0.717) is 17.9 Å². The first-order valence-electron chi connectivity index (χ1n) is 9.36. The first-order chi connectivity index (χ1) is 12.1. The minimum Gasteiger partial charge on any atom is -0.365 e. The molecule has 1 N–H and O–H groups in total. The molecule has 2 saturated heterocycles. The van der Waals surface area contributed by atoms with Gasteiger partial charge in [0.2, 0.25) is 5.91 Å². The van der Waals surface area contributed by atoms with Gasteiger partial charge in [-0.1, -0.05) is 13.8 Å². The van der Waals surface area contributed by atoms with E-state index < -0.39 is 0 Å². The van der Waals surface area contributed by atoms with Crippen LogP contribution < -0.4 is 5.32 Å². The summed E-state index contributed by atoms with van der Waals surface area (Å²) in [6, 6.07) is 3.94. The smallest absolute Gasteiger partial charge is 0.255 e. The molecule has 0 saturated carbocycles. The summed E-state index contributed by atoms with van der Waals surface area (Å²) in [5, 5.41) is 3.37. The quantitative estimate of drug-likeness (QED) is 0.911. The van der Waals surface area contributed by atoms with Crippen LogP contribution in [0.2, 0.25) is 0 Å². The summed E-state index contributed by atoms with van der Waals surface area (Å²) in [6.45, 7) is 7.33. The van der Waals surface area contributed by atoms with E-state index in [2.05, 4.69) is 17.2 Å². The number of amides is 2. The number of carbonyl (C=O) groups is 2. The number of piperidine rings is 1. The molecule has 6 heteroatoms. The number of anilines is 1. The van der Waals surface area contributed by atoms with Crippen molar-refractivity contribution >= 4 is 17.6 Å². The molecule has 25 heavy (non-hydrogen) atoms. The Morgan fingerprint density at radius 1 is 1.16 bits per heavy atom. The van der Waals surface area contributed by atoms with Gasteiger partial charge in [-0.15, -0.1) is 0 Å². The lowest BCUT2D eigenvalue weighted by Crippen LogP contribution is -2.37. The van der Waals surface area contributed by atoms with Gasteiger partial charge < -0.3 is 15.1 Å². The Bertz CT molecular complexity index is 608. The Morgan fingerprint density at radius 3 is 2.52 bits per heavy atom. The van der Waals surface area contributed by atoms with Crippen molar-refractivity contribution in [1.82, 2.24) is 14.8 Å². The highest BCUT2D eigenvalue weighted by Gasteiger charge is 2.25. The molecule has 136 valence electrons. The standard InChI is InChI=1S/C19H28N4O2/c1-3-18(24)23-11-8-16(13-23)21-17-5-4-15(12-20-17)19(25)22-9-6-14(2)7-10-22/h4-5,12,14,16H,3,6-11,13H2,1-2H3,(H,20,21). The van der Waals surface area contributed by atoms with Crippen LogP contribution in [-0.2, 0) is 4.79 Å². The maximum atomic E-state index is 12.5. The largest absolute Gasteiger partial charge is 0.365 e. The fourth-order valence-electron chi connectivity index (χ4n) is 3.54. The fraction of sp³-hybridized carbons (Fsp3) is 0.632. The van der Waals surface area contributed by atoms with Crippen molar-refractivity contribution < 1.29 is 9.59 Å². The van der Waals surface area contributed by atoms with E-state index >= 15 is 0 Å². The Labute approximate surface area is 149 Å². The molecule has 0 spiro atoms. The highest BCUT2D eigenvalue weighted by atomic mass is 16.2. The highest BCUT2D eigenvalue weighted by molar-refractivity contribution is 5.94. The van der Waals surface area contributed by atoms with Gasteiger partial charge in [0.15, 0.2) is 0 Å². The molecule has 3 rings (SSSR count). The molecular weight excluding hydrogens is 316 g/mol. The summed E-state index contributed by atoms with van der Waals surface area (Å²) in [5.74, 6) is 1.75. The lowest BCUT2D eigenvalue weighted by Gasteiger charge is -2.30. The second-order valence-electron chi connectivity index (χ2n) is 7.23. The summed E-state index contributed by atoms with van der Waals surface area (Å²) in [7, 11) is 0. The van der Waals surface area contributed by atoms with Gasteiger partial charge in [-0.25, -0.2) is 4.98 Å². The Morgan fingerprint density at radius 2 is 1.88 bits per heavy atom. The number of rotatable bonds is 4. The predicted octanol–water partition coefficient (Wildman–Crippen LogP) is 2.38. The van der Waals surface area contributed by atoms with Crippen LogP contribution in [0.15, 0.2) is 18.3 Å². The van der Waals surface area contributed by atoms with E-state index in [0.717, 1.165) is 51.3 Å². The number of hydrogen-bond acceptors (Lipinski definition) is 4. The molecule has 2 aliphatic rings. The number of aromatic nitrogens is 1. The van der Waals surface area contributed by atoms with Crippen LogP contribution in [0.1, 0.15) is 49.9 Å². The molecule has 2 aliphatic heterocycles. The predicted molar refractivity (Wildman–Crippen MR) is 97.4 cm³/mol. The van der Waals surface area contributed by atoms with Crippen LogP contribution in [0, 0.1) is 5.92 Å². The van der Waals surface area contributed by atoms with Crippen molar-refractivity contribution in [3.05, 3.63) is 23.9 Å². The molecule has 1 aromatic heterocycles. The second kappa shape index (κ2) is 7.85. The Balaban J connectivity index is 1.54. The molecule has 2 fully saturated rings. The first kappa shape index (κ1) is 17.7. The third-order valence-corrected chi connectivity index (χ3v) is 5.28. The van der Waals surface area contributed by atoms with Crippen LogP contribution in [-0.4, -0.2) is 58.8 Å². The van der Waals surface area contributed by atoms with Gasteiger partial charge in [0.25, 0.3) is 5.91 Å². The van der Waals surface area contributed by atoms with Crippen LogP contribution >= 0.6 is 0 Å². The third-order valence-electron chi connectivity index (χ3n) is 5.28. The highest BCUT2D eigenvalue weighted by Crippen LogP contribution is 2.19. The van der Waals surface area contributed by atoms with Gasteiger partial charge in [-0.3, -0.25) is 9.59 Å². The van der Waals surface area contributed by atoms with Gasteiger partial charge in [0.05, 0.1) is 5.56 Å². The maximum absolute atomic E-state index is 12.5. The van der Waals surface area contributed by atoms with Gasteiger partial charge >= 0.3 is 0 Å². The van der Waals surface area contributed by atoms with Crippen LogP contribution in [0.5, 0.6) is 0 Å². The molecule has 0 bridgehead atoms. The Hall–Kier alpha value is -2.11. The molecule has 1 atom stereocenters. The minimum atomic E-state index is 0.0755. The molecule has 2 amide bonds. The van der Waals surface area contributed by atoms with Crippen molar-refractivity contribution in [2.45, 2.75) is 45.6 Å². The normalized spacial score (nSPS) is 21.4. The van der Waals surface area contributed by atoms with E-state index in [9.17, 15) is 9.59 Å². The summed E-state index contributed by atoms with van der Waals surface area (Å²) in [4.78, 5) is 32.5.